The molecule has 0 amide bonds. The van der Waals surface area contributed by atoms with Crippen LogP contribution in [0.5, 0.6) is 0 Å². The molecule has 1 N–H and O–H groups in total. The molecule has 1 aromatic heterocycles. The summed E-state index contributed by atoms with van der Waals surface area (Å²) in [4.78, 5) is 4.42. The Morgan fingerprint density at radius 1 is 1.35 bits per heavy atom. The fourth-order valence-electron chi connectivity index (χ4n) is 2.91. The molecule has 0 spiro atoms. The molecule has 5 nitrogen and oxygen atoms in total. The van der Waals surface area contributed by atoms with Crippen LogP contribution in [0.15, 0.2) is 4.52 Å². The normalized spacial score (nSPS) is 17.7. The Kier molecular flexibility index (Phi) is 6.47. The molecule has 0 aromatic carbocycles. The van der Waals surface area contributed by atoms with Gasteiger partial charge in [0.2, 0.25) is 5.89 Å². The molecule has 5 heteroatoms. The van der Waals surface area contributed by atoms with Crippen molar-refractivity contribution in [2.24, 2.45) is 5.92 Å². The minimum Gasteiger partial charge on any atom is -0.374 e. The lowest BCUT2D eigenvalue weighted by Crippen LogP contribution is -2.37. The van der Waals surface area contributed by atoms with Gasteiger partial charge in [0.25, 0.3) is 0 Å². The molecular weight excluding hydrogens is 254 g/mol. The van der Waals surface area contributed by atoms with E-state index in [1.54, 1.807) is 0 Å². The highest BCUT2D eigenvalue weighted by Crippen LogP contribution is 2.29. The lowest BCUT2D eigenvalue weighted by Gasteiger charge is -2.23. The zero-order chi connectivity index (χ0) is 14.2. The number of nitrogens with one attached hydrogen (secondary N) is 1. The Balaban J connectivity index is 1.90. The maximum Gasteiger partial charge on any atom is 0.228 e. The van der Waals surface area contributed by atoms with E-state index in [4.69, 9.17) is 9.26 Å². The standard InChI is InChI=1S/C15H27N3O2/c1-3-9-16-13(12-7-5-6-8-12)10-15-17-14(18-20-15)11-19-4-2/h12-13,16H,3-11H2,1-2H3. The highest BCUT2D eigenvalue weighted by molar-refractivity contribution is 4.92. The molecule has 0 aliphatic heterocycles. The summed E-state index contributed by atoms with van der Waals surface area (Å²) in [5.41, 5.74) is 0. The van der Waals surface area contributed by atoms with Crippen LogP contribution < -0.4 is 5.32 Å². The van der Waals surface area contributed by atoms with Crippen molar-refractivity contribution in [1.82, 2.24) is 15.5 Å². The molecule has 0 bridgehead atoms. The van der Waals surface area contributed by atoms with Crippen LogP contribution in [-0.2, 0) is 17.8 Å². The highest BCUT2D eigenvalue weighted by atomic mass is 16.5. The second kappa shape index (κ2) is 8.37. The first kappa shape index (κ1) is 15.4. The topological polar surface area (TPSA) is 60.2 Å². The highest BCUT2D eigenvalue weighted by Gasteiger charge is 2.26. The first-order valence-corrected chi connectivity index (χ1v) is 7.96. The van der Waals surface area contributed by atoms with E-state index >= 15 is 0 Å². The van der Waals surface area contributed by atoms with Crippen molar-refractivity contribution in [3.8, 4) is 0 Å². The van der Waals surface area contributed by atoms with Crippen LogP contribution in [0.25, 0.3) is 0 Å². The van der Waals surface area contributed by atoms with Crippen LogP contribution in [0.1, 0.15) is 57.7 Å². The van der Waals surface area contributed by atoms with E-state index < -0.39 is 0 Å². The van der Waals surface area contributed by atoms with E-state index in [-0.39, 0.29) is 0 Å². The number of hydrogen-bond acceptors (Lipinski definition) is 5. The maximum atomic E-state index is 5.35. The van der Waals surface area contributed by atoms with Gasteiger partial charge in [0.05, 0.1) is 0 Å². The minimum atomic E-state index is 0.441. The van der Waals surface area contributed by atoms with Gasteiger partial charge in [0.15, 0.2) is 5.82 Å². The Morgan fingerprint density at radius 2 is 2.15 bits per heavy atom. The van der Waals surface area contributed by atoms with Gasteiger partial charge in [-0.3, -0.25) is 0 Å². The first-order chi connectivity index (χ1) is 9.83. The van der Waals surface area contributed by atoms with E-state index in [9.17, 15) is 0 Å². The Bertz CT molecular complexity index is 375. The predicted octanol–water partition coefficient (Wildman–Crippen LogP) is 2.71. The van der Waals surface area contributed by atoms with Crippen molar-refractivity contribution in [3.05, 3.63) is 11.7 Å². The minimum absolute atomic E-state index is 0.441. The summed E-state index contributed by atoms with van der Waals surface area (Å²) >= 11 is 0. The van der Waals surface area contributed by atoms with Gasteiger partial charge in [-0.05, 0) is 38.6 Å². The van der Waals surface area contributed by atoms with Crippen molar-refractivity contribution >= 4 is 0 Å². The maximum absolute atomic E-state index is 5.35. The third kappa shape index (κ3) is 4.56. The predicted molar refractivity (Wildman–Crippen MR) is 77.4 cm³/mol. The van der Waals surface area contributed by atoms with Gasteiger partial charge in [-0.1, -0.05) is 24.9 Å². The first-order valence-electron chi connectivity index (χ1n) is 7.96. The van der Waals surface area contributed by atoms with Crippen LogP contribution in [0.3, 0.4) is 0 Å². The fraction of sp³-hybridized carbons (Fsp3) is 0.867. The molecule has 1 aliphatic carbocycles. The van der Waals surface area contributed by atoms with Gasteiger partial charge < -0.3 is 14.6 Å². The summed E-state index contributed by atoms with van der Waals surface area (Å²) in [7, 11) is 0. The molecule has 20 heavy (non-hydrogen) atoms. The summed E-state index contributed by atoms with van der Waals surface area (Å²) < 4.78 is 10.7. The zero-order valence-electron chi connectivity index (χ0n) is 12.7. The van der Waals surface area contributed by atoms with Crippen molar-refractivity contribution in [3.63, 3.8) is 0 Å². The van der Waals surface area contributed by atoms with E-state index in [2.05, 4.69) is 22.4 Å². The lowest BCUT2D eigenvalue weighted by atomic mass is 9.95. The van der Waals surface area contributed by atoms with Gasteiger partial charge in [0, 0.05) is 19.1 Å². The van der Waals surface area contributed by atoms with Gasteiger partial charge in [-0.25, -0.2) is 0 Å². The van der Waals surface area contributed by atoms with Crippen LogP contribution in [0.2, 0.25) is 0 Å². The molecule has 1 saturated carbocycles. The van der Waals surface area contributed by atoms with Crippen LogP contribution in [0.4, 0.5) is 0 Å². The van der Waals surface area contributed by atoms with Gasteiger partial charge >= 0.3 is 0 Å². The molecule has 1 heterocycles. The molecule has 1 aliphatic rings. The Morgan fingerprint density at radius 3 is 2.85 bits per heavy atom. The van der Waals surface area contributed by atoms with Crippen LogP contribution >= 0.6 is 0 Å². The number of aromatic nitrogens is 2. The van der Waals surface area contributed by atoms with Crippen molar-refractivity contribution in [1.29, 1.82) is 0 Å². The molecule has 114 valence electrons. The van der Waals surface area contributed by atoms with Crippen molar-refractivity contribution in [2.45, 2.75) is 65.0 Å². The smallest absolute Gasteiger partial charge is 0.228 e. The second-order valence-electron chi connectivity index (χ2n) is 5.55. The van der Waals surface area contributed by atoms with E-state index in [0.29, 0.717) is 25.1 Å². The SMILES string of the molecule is CCCNC(Cc1nc(COCC)no1)C1CCCC1. The monoisotopic (exact) mass is 281 g/mol. The van der Waals surface area contributed by atoms with E-state index in [1.807, 2.05) is 6.92 Å². The number of hydrogen-bond donors (Lipinski definition) is 1. The lowest BCUT2D eigenvalue weighted by molar-refractivity contribution is 0.126. The summed E-state index contributed by atoms with van der Waals surface area (Å²) in [5, 5.41) is 7.63. The van der Waals surface area contributed by atoms with Crippen molar-refractivity contribution in [2.75, 3.05) is 13.2 Å². The molecule has 1 fully saturated rings. The Hall–Kier alpha value is -0.940. The average Bonchev–Trinajstić information content (AvgIpc) is 3.12. The fourth-order valence-corrected chi connectivity index (χ4v) is 2.91. The van der Waals surface area contributed by atoms with Gasteiger partial charge in [-0.15, -0.1) is 0 Å². The Labute approximate surface area is 121 Å². The van der Waals surface area contributed by atoms with E-state index in [1.165, 1.54) is 25.7 Å². The molecule has 1 unspecified atom stereocenters. The summed E-state index contributed by atoms with van der Waals surface area (Å²) in [5.74, 6) is 2.14. The van der Waals surface area contributed by atoms with Crippen LogP contribution in [-0.4, -0.2) is 29.3 Å². The average molecular weight is 281 g/mol. The molecule has 1 aromatic rings. The third-order valence-electron chi connectivity index (χ3n) is 3.97. The zero-order valence-corrected chi connectivity index (χ0v) is 12.7. The number of ether oxygens (including phenoxy) is 1. The van der Waals surface area contributed by atoms with E-state index in [0.717, 1.165) is 31.2 Å². The largest absolute Gasteiger partial charge is 0.374 e. The number of rotatable bonds is 9. The molecule has 0 saturated heterocycles. The van der Waals surface area contributed by atoms with Crippen LogP contribution in [0, 0.1) is 5.92 Å². The van der Waals surface area contributed by atoms with Crippen molar-refractivity contribution < 1.29 is 9.26 Å². The van der Waals surface area contributed by atoms with Gasteiger partial charge in [-0.2, -0.15) is 4.98 Å². The molecular formula is C15H27N3O2. The summed E-state index contributed by atoms with van der Waals surface area (Å²) in [6.07, 6.45) is 7.35. The quantitative estimate of drug-likeness (QED) is 0.754. The number of nitrogens with zero attached hydrogens (tertiary/aromatic N) is 2. The molecule has 2 rings (SSSR count). The van der Waals surface area contributed by atoms with Gasteiger partial charge in [0.1, 0.15) is 6.61 Å². The summed E-state index contributed by atoms with van der Waals surface area (Å²) in [6.45, 7) is 6.33. The molecule has 1 atom stereocenters. The second-order valence-corrected chi connectivity index (χ2v) is 5.55. The molecule has 0 radical (unpaired) electrons. The third-order valence-corrected chi connectivity index (χ3v) is 3.97. The summed E-state index contributed by atoms with van der Waals surface area (Å²) in [6, 6.07) is 0.470.